The lowest BCUT2D eigenvalue weighted by Crippen LogP contribution is -2.43. The van der Waals surface area contributed by atoms with Gasteiger partial charge in [0.2, 0.25) is 0 Å². The van der Waals surface area contributed by atoms with Crippen molar-refractivity contribution < 1.29 is 23.5 Å². The number of hydrogen-bond donors (Lipinski definition) is 1. The normalized spacial score (nSPS) is 12.6. The van der Waals surface area contributed by atoms with Gasteiger partial charge in [-0.05, 0) is 58.2 Å². The molecule has 1 aromatic heterocycles. The third-order valence-electron chi connectivity index (χ3n) is 4.29. The summed E-state index contributed by atoms with van der Waals surface area (Å²) in [6.07, 6.45) is -0.713. The first-order valence-electron chi connectivity index (χ1n) is 9.23. The number of esters is 1. The van der Waals surface area contributed by atoms with Crippen molar-refractivity contribution in [2.75, 3.05) is 0 Å². The van der Waals surface area contributed by atoms with Crippen LogP contribution >= 0.6 is 0 Å². The van der Waals surface area contributed by atoms with Gasteiger partial charge < -0.3 is 19.2 Å². The van der Waals surface area contributed by atoms with E-state index < -0.39 is 29.3 Å². The molecule has 1 atom stereocenters. The number of amides is 1. The second-order valence-corrected chi connectivity index (χ2v) is 7.79. The van der Waals surface area contributed by atoms with E-state index in [9.17, 15) is 14.4 Å². The largest absolute Gasteiger partial charge is 0.444 e. The lowest BCUT2D eigenvalue weighted by Gasteiger charge is -2.21. The number of carbonyl (C=O) groups excluding carboxylic acids is 2. The zero-order chi connectivity index (χ0) is 21.3. The van der Waals surface area contributed by atoms with E-state index in [1.54, 1.807) is 52.0 Å². The monoisotopic (exact) mass is 397 g/mol. The van der Waals surface area contributed by atoms with Crippen molar-refractivity contribution in [3.05, 3.63) is 52.4 Å². The molecule has 0 unspecified atom stereocenters. The molecule has 29 heavy (non-hydrogen) atoms. The van der Waals surface area contributed by atoms with E-state index in [0.717, 1.165) is 10.8 Å². The predicted octanol–water partition coefficient (Wildman–Crippen LogP) is 4.07. The van der Waals surface area contributed by atoms with Crippen LogP contribution in [0.5, 0.6) is 5.75 Å². The number of alkyl carbamates (subject to hydrolysis) is 1. The van der Waals surface area contributed by atoms with Crippen LogP contribution in [0, 0.1) is 6.92 Å². The minimum absolute atomic E-state index is 0.249. The number of ether oxygens (including phenoxy) is 2. The van der Waals surface area contributed by atoms with Crippen molar-refractivity contribution in [3.63, 3.8) is 0 Å². The Labute approximate surface area is 167 Å². The highest BCUT2D eigenvalue weighted by molar-refractivity contribution is 6.05. The summed E-state index contributed by atoms with van der Waals surface area (Å²) in [5.41, 5.74) is -0.266. The summed E-state index contributed by atoms with van der Waals surface area (Å²) in [7, 11) is 0. The topological polar surface area (TPSA) is 94.8 Å². The molecule has 152 valence electrons. The van der Waals surface area contributed by atoms with Crippen molar-refractivity contribution in [2.24, 2.45) is 0 Å². The van der Waals surface area contributed by atoms with Gasteiger partial charge >= 0.3 is 17.7 Å². The van der Waals surface area contributed by atoms with Crippen molar-refractivity contribution in [1.29, 1.82) is 0 Å². The molecule has 0 aliphatic heterocycles. The molecular weight excluding hydrogens is 374 g/mol. The van der Waals surface area contributed by atoms with E-state index in [-0.39, 0.29) is 5.75 Å². The minimum atomic E-state index is -0.927. The SMILES string of the molecule is Cc1c(OC(=O)[C@@H](C)NC(=O)OC(C)(C)C)ccc2c1oc(=O)c1ccccc12. The van der Waals surface area contributed by atoms with E-state index in [1.807, 2.05) is 12.1 Å². The summed E-state index contributed by atoms with van der Waals surface area (Å²) < 4.78 is 16.0. The van der Waals surface area contributed by atoms with Crippen LogP contribution in [0.4, 0.5) is 4.79 Å². The average molecular weight is 397 g/mol. The van der Waals surface area contributed by atoms with Crippen LogP contribution in [-0.2, 0) is 9.53 Å². The molecule has 0 radical (unpaired) electrons. The minimum Gasteiger partial charge on any atom is -0.444 e. The van der Waals surface area contributed by atoms with Gasteiger partial charge in [-0.15, -0.1) is 0 Å². The number of rotatable bonds is 3. The third-order valence-corrected chi connectivity index (χ3v) is 4.29. The number of hydrogen-bond acceptors (Lipinski definition) is 6. The van der Waals surface area contributed by atoms with Gasteiger partial charge in [0.15, 0.2) is 0 Å². The number of carbonyl (C=O) groups is 2. The molecule has 0 fully saturated rings. The second kappa shape index (κ2) is 7.58. The maximum atomic E-state index is 12.4. The Kier molecular flexibility index (Phi) is 5.33. The first-order chi connectivity index (χ1) is 13.6. The summed E-state index contributed by atoms with van der Waals surface area (Å²) in [5, 5.41) is 4.43. The van der Waals surface area contributed by atoms with Gasteiger partial charge in [-0.2, -0.15) is 0 Å². The quantitative estimate of drug-likeness (QED) is 0.310. The molecule has 0 spiro atoms. The van der Waals surface area contributed by atoms with E-state index in [4.69, 9.17) is 13.9 Å². The van der Waals surface area contributed by atoms with Gasteiger partial charge in [0.25, 0.3) is 0 Å². The number of benzene rings is 2. The summed E-state index contributed by atoms with van der Waals surface area (Å²) in [4.78, 5) is 36.5. The third kappa shape index (κ3) is 4.39. The zero-order valence-electron chi connectivity index (χ0n) is 17.0. The van der Waals surface area contributed by atoms with Gasteiger partial charge in [-0.3, -0.25) is 0 Å². The molecular formula is C22H23NO6. The molecule has 7 heteroatoms. The lowest BCUT2D eigenvalue weighted by atomic mass is 10.0. The average Bonchev–Trinajstić information content (AvgIpc) is 2.63. The molecule has 0 aliphatic carbocycles. The summed E-state index contributed by atoms with van der Waals surface area (Å²) in [6, 6.07) is 9.61. The fourth-order valence-electron chi connectivity index (χ4n) is 2.91. The molecule has 2 aromatic carbocycles. The van der Waals surface area contributed by atoms with Crippen molar-refractivity contribution >= 4 is 33.8 Å². The molecule has 0 saturated carbocycles. The number of aryl methyl sites for hydroxylation is 1. The first-order valence-corrected chi connectivity index (χ1v) is 9.23. The van der Waals surface area contributed by atoms with E-state index >= 15 is 0 Å². The Morgan fingerprint density at radius 1 is 1.03 bits per heavy atom. The van der Waals surface area contributed by atoms with Gasteiger partial charge in [0, 0.05) is 10.9 Å². The molecule has 0 bridgehead atoms. The first kappa shape index (κ1) is 20.4. The molecule has 0 saturated heterocycles. The van der Waals surface area contributed by atoms with E-state index in [2.05, 4.69) is 5.32 Å². The van der Waals surface area contributed by atoms with Crippen LogP contribution in [0.1, 0.15) is 33.3 Å². The fourth-order valence-corrected chi connectivity index (χ4v) is 2.91. The van der Waals surface area contributed by atoms with Gasteiger partial charge in [-0.1, -0.05) is 18.2 Å². The Bertz CT molecular complexity index is 1160. The van der Waals surface area contributed by atoms with Crippen LogP contribution in [0.3, 0.4) is 0 Å². The molecule has 3 aromatic rings. The maximum Gasteiger partial charge on any atom is 0.408 e. The van der Waals surface area contributed by atoms with Gasteiger partial charge in [-0.25, -0.2) is 14.4 Å². The van der Waals surface area contributed by atoms with Crippen LogP contribution in [-0.4, -0.2) is 23.7 Å². The maximum absolute atomic E-state index is 12.4. The zero-order valence-corrected chi connectivity index (χ0v) is 17.0. The molecule has 3 rings (SSSR count). The van der Waals surface area contributed by atoms with Crippen molar-refractivity contribution in [1.82, 2.24) is 5.32 Å². The highest BCUT2D eigenvalue weighted by Gasteiger charge is 2.23. The van der Waals surface area contributed by atoms with Crippen LogP contribution in [0.25, 0.3) is 21.7 Å². The second-order valence-electron chi connectivity index (χ2n) is 7.79. The Hall–Kier alpha value is -3.35. The summed E-state index contributed by atoms with van der Waals surface area (Å²) in [5.74, 6) is -0.416. The van der Waals surface area contributed by atoms with Crippen LogP contribution in [0.2, 0.25) is 0 Å². The van der Waals surface area contributed by atoms with Crippen LogP contribution in [0.15, 0.2) is 45.6 Å². The number of fused-ring (bicyclic) bond motifs is 3. The fraction of sp³-hybridized carbons (Fsp3) is 0.318. The Morgan fingerprint density at radius 2 is 1.69 bits per heavy atom. The molecule has 1 amide bonds. The number of nitrogens with one attached hydrogen (secondary N) is 1. The molecule has 7 nitrogen and oxygen atoms in total. The Balaban J connectivity index is 1.86. The highest BCUT2D eigenvalue weighted by atomic mass is 16.6. The van der Waals surface area contributed by atoms with Crippen molar-refractivity contribution in [2.45, 2.75) is 46.3 Å². The highest BCUT2D eigenvalue weighted by Crippen LogP contribution is 2.31. The lowest BCUT2D eigenvalue weighted by molar-refractivity contribution is -0.136. The van der Waals surface area contributed by atoms with E-state index in [1.165, 1.54) is 6.92 Å². The van der Waals surface area contributed by atoms with Gasteiger partial charge in [0.05, 0.1) is 5.39 Å². The predicted molar refractivity (Wildman–Crippen MR) is 109 cm³/mol. The standard InChI is InChI=1S/C22H23NO6/c1-12-17(27-19(24)13(2)23-21(26)29-22(3,4)5)11-10-15-14-8-6-7-9-16(14)20(25)28-18(12)15/h6-11,13H,1-5H3,(H,23,26)/t13-/m1/s1. The molecule has 0 aliphatic rings. The molecule has 1 N–H and O–H groups in total. The van der Waals surface area contributed by atoms with Crippen molar-refractivity contribution in [3.8, 4) is 5.75 Å². The van der Waals surface area contributed by atoms with Gasteiger partial charge in [0.1, 0.15) is 23.0 Å². The van der Waals surface area contributed by atoms with E-state index in [0.29, 0.717) is 16.5 Å². The molecule has 1 heterocycles. The summed E-state index contributed by atoms with van der Waals surface area (Å²) >= 11 is 0. The summed E-state index contributed by atoms with van der Waals surface area (Å²) in [6.45, 7) is 8.38. The smallest absolute Gasteiger partial charge is 0.408 e. The van der Waals surface area contributed by atoms with Crippen LogP contribution < -0.4 is 15.7 Å². The Morgan fingerprint density at radius 3 is 2.34 bits per heavy atom.